The molecule has 5 heteroatoms. The van der Waals surface area contributed by atoms with Crippen molar-refractivity contribution in [1.29, 1.82) is 0 Å². The van der Waals surface area contributed by atoms with Gasteiger partial charge in [0, 0.05) is 12.4 Å². The van der Waals surface area contributed by atoms with Gasteiger partial charge in [0.15, 0.2) is 10.5 Å². The minimum absolute atomic E-state index is 0.494. The van der Waals surface area contributed by atoms with Crippen LogP contribution in [0.5, 0.6) is 5.75 Å². The van der Waals surface area contributed by atoms with Crippen LogP contribution >= 0.6 is 15.9 Å². The molecule has 0 saturated heterocycles. The maximum Gasteiger partial charge on any atom is 0.196 e. The molecule has 2 aromatic rings. The van der Waals surface area contributed by atoms with E-state index < -0.39 is 0 Å². The van der Waals surface area contributed by atoms with Crippen LogP contribution in [-0.2, 0) is 6.61 Å². The molecule has 0 saturated carbocycles. The van der Waals surface area contributed by atoms with Crippen molar-refractivity contribution in [3.8, 4) is 5.75 Å². The Balaban J connectivity index is 1.96. The lowest BCUT2D eigenvalue weighted by Gasteiger charge is -2.04. The fourth-order valence-electron chi connectivity index (χ4n) is 1.02. The maximum absolute atomic E-state index is 5.47. The van der Waals surface area contributed by atoms with Crippen molar-refractivity contribution >= 4 is 15.9 Å². The second kappa shape index (κ2) is 4.84. The van der Waals surface area contributed by atoms with Crippen molar-refractivity contribution in [2.75, 3.05) is 0 Å². The number of hydrogen-bond acceptors (Lipinski definition) is 4. The lowest BCUT2D eigenvalue weighted by Crippen LogP contribution is -1.96. The van der Waals surface area contributed by atoms with E-state index in [1.807, 2.05) is 12.1 Å². The molecule has 0 amide bonds. The smallest absolute Gasteiger partial charge is 0.196 e. The minimum Gasteiger partial charge on any atom is -0.486 e. The summed E-state index contributed by atoms with van der Waals surface area (Å²) in [5.41, 5.74) is 1.06. The fourth-order valence-corrected chi connectivity index (χ4v) is 1.23. The van der Waals surface area contributed by atoms with Gasteiger partial charge >= 0.3 is 0 Å². The molecule has 0 unspecified atom stereocenters. The molecule has 0 bridgehead atoms. The molecule has 2 heterocycles. The topological polar surface area (TPSA) is 47.9 Å². The summed E-state index contributed by atoms with van der Waals surface area (Å²) in [7, 11) is 0. The van der Waals surface area contributed by atoms with E-state index in [4.69, 9.17) is 4.74 Å². The average molecular weight is 266 g/mol. The number of ether oxygens (including phenoxy) is 1. The highest BCUT2D eigenvalue weighted by Gasteiger charge is 1.96. The second-order valence-electron chi connectivity index (χ2n) is 2.83. The molecule has 0 spiro atoms. The third-order valence-electron chi connectivity index (χ3n) is 1.75. The number of nitrogens with zero attached hydrogens (tertiary/aromatic N) is 3. The molecule has 2 aromatic heterocycles. The number of halogens is 1. The van der Waals surface area contributed by atoms with Crippen molar-refractivity contribution in [2.45, 2.75) is 6.61 Å². The molecule has 0 radical (unpaired) electrons. The van der Waals surface area contributed by atoms with Crippen molar-refractivity contribution < 1.29 is 4.74 Å². The number of aromatic nitrogens is 3. The van der Waals surface area contributed by atoms with E-state index >= 15 is 0 Å². The highest BCUT2D eigenvalue weighted by atomic mass is 79.9. The molecule has 4 nitrogen and oxygen atoms in total. The number of rotatable bonds is 3. The SMILES string of the molecule is Brc1ncc(OCc2ccncc2)cn1. The third-order valence-corrected chi connectivity index (χ3v) is 2.16. The number of pyridine rings is 1. The van der Waals surface area contributed by atoms with Crippen LogP contribution in [0.2, 0.25) is 0 Å². The normalized spacial score (nSPS) is 9.93. The van der Waals surface area contributed by atoms with E-state index in [1.165, 1.54) is 0 Å². The van der Waals surface area contributed by atoms with Gasteiger partial charge in [0.2, 0.25) is 0 Å². The van der Waals surface area contributed by atoms with Crippen LogP contribution in [-0.4, -0.2) is 15.0 Å². The summed E-state index contributed by atoms with van der Waals surface area (Å²) in [5, 5.41) is 0. The van der Waals surface area contributed by atoms with Gasteiger partial charge in [-0.15, -0.1) is 0 Å². The molecule has 2 rings (SSSR count). The van der Waals surface area contributed by atoms with Crippen LogP contribution in [0.25, 0.3) is 0 Å². The predicted molar refractivity (Wildman–Crippen MR) is 58.3 cm³/mol. The summed E-state index contributed by atoms with van der Waals surface area (Å²) in [6, 6.07) is 3.80. The Kier molecular flexibility index (Phi) is 3.24. The van der Waals surface area contributed by atoms with Gasteiger partial charge in [-0.3, -0.25) is 4.98 Å². The van der Waals surface area contributed by atoms with E-state index in [0.29, 0.717) is 17.1 Å². The van der Waals surface area contributed by atoms with Gasteiger partial charge in [-0.2, -0.15) is 0 Å². The molecule has 0 aliphatic rings. The Hall–Kier alpha value is -1.49. The van der Waals surface area contributed by atoms with Gasteiger partial charge in [0.05, 0.1) is 12.4 Å². The second-order valence-corrected chi connectivity index (χ2v) is 3.54. The first-order valence-corrected chi connectivity index (χ1v) is 5.13. The Morgan fingerprint density at radius 3 is 2.47 bits per heavy atom. The van der Waals surface area contributed by atoms with Gasteiger partial charge in [0.25, 0.3) is 0 Å². The molecule has 15 heavy (non-hydrogen) atoms. The number of hydrogen-bond donors (Lipinski definition) is 0. The molecule has 76 valence electrons. The molecule has 0 N–H and O–H groups in total. The highest BCUT2D eigenvalue weighted by molar-refractivity contribution is 9.10. The monoisotopic (exact) mass is 265 g/mol. The standard InChI is InChI=1S/C10H8BrN3O/c11-10-13-5-9(6-14-10)15-7-8-1-3-12-4-2-8/h1-6H,7H2. The Morgan fingerprint density at radius 1 is 1.13 bits per heavy atom. The van der Waals surface area contributed by atoms with Gasteiger partial charge in [-0.1, -0.05) is 0 Å². The fraction of sp³-hybridized carbons (Fsp3) is 0.100. The van der Waals surface area contributed by atoms with E-state index in [-0.39, 0.29) is 0 Å². The van der Waals surface area contributed by atoms with Crippen LogP contribution in [0.4, 0.5) is 0 Å². The molecule has 0 aliphatic heterocycles. The lowest BCUT2D eigenvalue weighted by molar-refractivity contribution is 0.303. The largest absolute Gasteiger partial charge is 0.486 e. The zero-order valence-electron chi connectivity index (χ0n) is 7.80. The van der Waals surface area contributed by atoms with Crippen LogP contribution in [0.15, 0.2) is 41.7 Å². The first-order valence-electron chi connectivity index (χ1n) is 4.34. The Morgan fingerprint density at radius 2 is 1.80 bits per heavy atom. The van der Waals surface area contributed by atoms with Crippen molar-refractivity contribution in [2.24, 2.45) is 0 Å². The highest BCUT2D eigenvalue weighted by Crippen LogP contribution is 2.11. The van der Waals surface area contributed by atoms with E-state index in [0.717, 1.165) is 5.56 Å². The average Bonchev–Trinajstić information content (AvgIpc) is 2.30. The molecular formula is C10H8BrN3O. The van der Waals surface area contributed by atoms with Gasteiger partial charge < -0.3 is 4.74 Å². The van der Waals surface area contributed by atoms with Gasteiger partial charge in [-0.25, -0.2) is 9.97 Å². The summed E-state index contributed by atoms with van der Waals surface area (Å²) in [5.74, 6) is 0.648. The molecular weight excluding hydrogens is 258 g/mol. The lowest BCUT2D eigenvalue weighted by atomic mass is 10.3. The van der Waals surface area contributed by atoms with E-state index in [2.05, 4.69) is 30.9 Å². The summed E-state index contributed by atoms with van der Waals surface area (Å²) < 4.78 is 6.03. The first-order chi connectivity index (χ1) is 7.34. The zero-order valence-corrected chi connectivity index (χ0v) is 9.39. The van der Waals surface area contributed by atoms with E-state index in [1.54, 1.807) is 24.8 Å². The van der Waals surface area contributed by atoms with Crippen LogP contribution in [0, 0.1) is 0 Å². The minimum atomic E-state index is 0.494. The summed E-state index contributed by atoms with van der Waals surface area (Å²) >= 11 is 3.16. The van der Waals surface area contributed by atoms with Crippen molar-refractivity contribution in [1.82, 2.24) is 15.0 Å². The van der Waals surface area contributed by atoms with Crippen molar-refractivity contribution in [3.05, 3.63) is 47.2 Å². The zero-order chi connectivity index (χ0) is 10.5. The van der Waals surface area contributed by atoms with Gasteiger partial charge in [0.1, 0.15) is 6.61 Å². The van der Waals surface area contributed by atoms with Crippen LogP contribution in [0.3, 0.4) is 0 Å². The summed E-state index contributed by atoms with van der Waals surface area (Å²) in [6.07, 6.45) is 6.71. The van der Waals surface area contributed by atoms with Crippen LogP contribution in [0.1, 0.15) is 5.56 Å². The van der Waals surface area contributed by atoms with Crippen molar-refractivity contribution in [3.63, 3.8) is 0 Å². The first kappa shape index (κ1) is 10.0. The van der Waals surface area contributed by atoms with Gasteiger partial charge in [-0.05, 0) is 33.6 Å². The molecule has 0 fully saturated rings. The molecule has 0 aliphatic carbocycles. The predicted octanol–water partition coefficient (Wildman–Crippen LogP) is 2.21. The molecule has 0 aromatic carbocycles. The molecule has 0 atom stereocenters. The quantitative estimate of drug-likeness (QED) is 0.799. The van der Waals surface area contributed by atoms with Crippen LogP contribution < -0.4 is 4.74 Å². The third kappa shape index (κ3) is 2.99. The summed E-state index contributed by atoms with van der Waals surface area (Å²) in [6.45, 7) is 0.494. The summed E-state index contributed by atoms with van der Waals surface area (Å²) in [4.78, 5) is 11.8. The Bertz CT molecular complexity index is 418. The van der Waals surface area contributed by atoms with E-state index in [9.17, 15) is 0 Å². The maximum atomic E-state index is 5.47. The Labute approximate surface area is 95.5 Å².